The van der Waals surface area contributed by atoms with Crippen LogP contribution in [0.25, 0.3) is 0 Å². The second-order valence-corrected chi connectivity index (χ2v) is 6.26. The van der Waals surface area contributed by atoms with E-state index in [4.69, 9.17) is 34.8 Å². The van der Waals surface area contributed by atoms with Crippen LogP contribution in [0.1, 0.15) is 31.2 Å². The van der Waals surface area contributed by atoms with Gasteiger partial charge in [0.25, 0.3) is 0 Å². The van der Waals surface area contributed by atoms with Crippen molar-refractivity contribution in [1.82, 2.24) is 14.8 Å². The molecule has 1 aromatic heterocycles. The predicted molar refractivity (Wildman–Crippen MR) is 88.2 cm³/mol. The summed E-state index contributed by atoms with van der Waals surface area (Å²) in [6.07, 6.45) is 4.77. The van der Waals surface area contributed by atoms with Crippen LogP contribution < -0.4 is 0 Å². The molecule has 0 spiro atoms. The van der Waals surface area contributed by atoms with Crippen LogP contribution in [0.15, 0.2) is 24.8 Å². The monoisotopic (exact) mass is 356 g/mol. The van der Waals surface area contributed by atoms with E-state index in [1.807, 2.05) is 0 Å². The minimum Gasteiger partial charge on any atom is -0.252 e. The third-order valence-electron chi connectivity index (χ3n) is 3.52. The number of hydrogen-bond acceptors (Lipinski definition) is 3. The highest BCUT2D eigenvalue weighted by Gasteiger charge is 2.26. The molecule has 1 aromatic carbocycles. The Hall–Kier alpha value is -1.28. The molecular weight excluding hydrogens is 343 g/mol. The van der Waals surface area contributed by atoms with E-state index in [-0.39, 0.29) is 11.8 Å². The van der Waals surface area contributed by atoms with Gasteiger partial charge in [-0.05, 0) is 24.1 Å². The van der Waals surface area contributed by atoms with Crippen molar-refractivity contribution in [2.75, 3.05) is 0 Å². The Morgan fingerprint density at radius 3 is 2.68 bits per heavy atom. The van der Waals surface area contributed by atoms with Gasteiger partial charge in [-0.1, -0.05) is 48.1 Å². The van der Waals surface area contributed by atoms with Crippen molar-refractivity contribution in [3.8, 4) is 6.07 Å². The molecular formula is C15H15Cl3N4. The highest BCUT2D eigenvalue weighted by molar-refractivity contribution is 6.43. The molecule has 0 saturated carbocycles. The second-order valence-electron chi connectivity index (χ2n) is 5.04. The van der Waals surface area contributed by atoms with Crippen LogP contribution >= 0.6 is 34.8 Å². The molecule has 0 saturated heterocycles. The topological polar surface area (TPSA) is 54.5 Å². The number of nitrogens with zero attached hydrogens (tertiary/aromatic N) is 4. The maximum absolute atomic E-state index is 9.59. The Kier molecular flexibility index (Phi) is 6.07. The predicted octanol–water partition coefficient (Wildman–Crippen LogP) is 4.96. The Bertz CT molecular complexity index is 664. The van der Waals surface area contributed by atoms with E-state index in [1.54, 1.807) is 23.1 Å². The third kappa shape index (κ3) is 3.92. The quantitative estimate of drug-likeness (QED) is 0.686. The van der Waals surface area contributed by atoms with Crippen LogP contribution in [0, 0.1) is 17.2 Å². The zero-order chi connectivity index (χ0) is 16.1. The standard InChI is InChI=1S/C15H15Cl3N4/c1-2-3-12(10(6-19)7-22-9-20-8-21-22)13-4-11(16)5-14(17)15(13)18/h4-5,8-10,12H,2-3,7H2,1H3. The van der Waals surface area contributed by atoms with E-state index in [1.165, 1.54) is 6.33 Å². The van der Waals surface area contributed by atoms with Crippen molar-refractivity contribution in [3.63, 3.8) is 0 Å². The molecule has 1 heterocycles. The molecule has 7 heteroatoms. The number of halogens is 3. The van der Waals surface area contributed by atoms with Crippen LogP contribution in [0.4, 0.5) is 0 Å². The fourth-order valence-electron chi connectivity index (χ4n) is 2.52. The lowest BCUT2D eigenvalue weighted by Crippen LogP contribution is -2.18. The number of benzene rings is 1. The largest absolute Gasteiger partial charge is 0.252 e. The molecule has 0 radical (unpaired) electrons. The molecule has 0 N–H and O–H groups in total. The summed E-state index contributed by atoms with van der Waals surface area (Å²) in [6, 6.07) is 5.76. The van der Waals surface area contributed by atoms with Gasteiger partial charge in [0.15, 0.2) is 0 Å². The van der Waals surface area contributed by atoms with Gasteiger partial charge in [-0.15, -0.1) is 0 Å². The fraction of sp³-hybridized carbons (Fsp3) is 0.400. The number of aromatic nitrogens is 3. The van der Waals surface area contributed by atoms with Gasteiger partial charge >= 0.3 is 0 Å². The minimum atomic E-state index is -0.298. The van der Waals surface area contributed by atoms with Gasteiger partial charge in [-0.3, -0.25) is 4.68 Å². The van der Waals surface area contributed by atoms with Gasteiger partial charge in [0, 0.05) is 10.9 Å². The van der Waals surface area contributed by atoms with Crippen LogP contribution in [0.2, 0.25) is 15.1 Å². The molecule has 4 nitrogen and oxygen atoms in total. The van der Waals surface area contributed by atoms with Crippen molar-refractivity contribution in [3.05, 3.63) is 45.4 Å². The average molecular weight is 358 g/mol. The van der Waals surface area contributed by atoms with Gasteiger partial charge in [0.1, 0.15) is 12.7 Å². The fourth-order valence-corrected chi connectivity index (χ4v) is 3.28. The molecule has 22 heavy (non-hydrogen) atoms. The van der Waals surface area contributed by atoms with E-state index in [9.17, 15) is 5.26 Å². The maximum Gasteiger partial charge on any atom is 0.137 e. The van der Waals surface area contributed by atoms with Crippen LogP contribution in [0.3, 0.4) is 0 Å². The zero-order valence-corrected chi connectivity index (χ0v) is 14.3. The number of rotatable bonds is 6. The molecule has 0 aliphatic rings. The molecule has 0 aliphatic carbocycles. The first kappa shape index (κ1) is 17.1. The molecule has 116 valence electrons. The third-order valence-corrected chi connectivity index (χ3v) is 4.56. The van der Waals surface area contributed by atoms with Gasteiger partial charge in [-0.25, -0.2) is 4.98 Å². The van der Waals surface area contributed by atoms with Crippen molar-refractivity contribution in [2.24, 2.45) is 5.92 Å². The van der Waals surface area contributed by atoms with E-state index in [0.717, 1.165) is 18.4 Å². The maximum atomic E-state index is 9.59. The molecule has 0 aliphatic heterocycles. The first-order valence-corrected chi connectivity index (χ1v) is 8.06. The first-order valence-electron chi connectivity index (χ1n) is 6.93. The Labute approximate surface area is 144 Å². The molecule has 2 atom stereocenters. The van der Waals surface area contributed by atoms with E-state index in [0.29, 0.717) is 21.6 Å². The van der Waals surface area contributed by atoms with Crippen LogP contribution in [-0.4, -0.2) is 14.8 Å². The summed E-state index contributed by atoms with van der Waals surface area (Å²) in [7, 11) is 0. The first-order chi connectivity index (χ1) is 10.6. The van der Waals surface area contributed by atoms with Crippen LogP contribution in [-0.2, 0) is 6.54 Å². The molecule has 0 bridgehead atoms. The summed E-state index contributed by atoms with van der Waals surface area (Å²) in [5, 5.41) is 15.0. The van der Waals surface area contributed by atoms with Crippen molar-refractivity contribution >= 4 is 34.8 Å². The van der Waals surface area contributed by atoms with Gasteiger partial charge in [0.2, 0.25) is 0 Å². The van der Waals surface area contributed by atoms with E-state index < -0.39 is 0 Å². The van der Waals surface area contributed by atoms with Crippen molar-refractivity contribution in [1.29, 1.82) is 5.26 Å². The second kappa shape index (κ2) is 7.82. The Morgan fingerprint density at radius 1 is 1.32 bits per heavy atom. The highest BCUT2D eigenvalue weighted by Crippen LogP contribution is 2.39. The summed E-state index contributed by atoms with van der Waals surface area (Å²) < 4.78 is 1.65. The van der Waals surface area contributed by atoms with Gasteiger partial charge < -0.3 is 0 Å². The lowest BCUT2D eigenvalue weighted by atomic mass is 9.83. The highest BCUT2D eigenvalue weighted by atomic mass is 35.5. The Balaban J connectivity index is 2.38. The van der Waals surface area contributed by atoms with Crippen molar-refractivity contribution in [2.45, 2.75) is 32.2 Å². The number of nitriles is 1. The molecule has 2 aromatic rings. The SMILES string of the molecule is CCCC(c1cc(Cl)cc(Cl)c1Cl)C(C#N)Cn1cncn1. The smallest absolute Gasteiger partial charge is 0.137 e. The van der Waals surface area contributed by atoms with E-state index >= 15 is 0 Å². The summed E-state index contributed by atoms with van der Waals surface area (Å²) in [6.45, 7) is 2.51. The molecule has 2 unspecified atom stereocenters. The molecule has 0 amide bonds. The molecule has 0 fully saturated rings. The Morgan fingerprint density at radius 2 is 2.09 bits per heavy atom. The van der Waals surface area contributed by atoms with Gasteiger partial charge in [-0.2, -0.15) is 10.4 Å². The lowest BCUT2D eigenvalue weighted by Gasteiger charge is -2.23. The normalized spacial score (nSPS) is 13.6. The summed E-state index contributed by atoms with van der Waals surface area (Å²) in [5.41, 5.74) is 0.813. The summed E-state index contributed by atoms with van der Waals surface area (Å²) in [5.74, 6) is -0.364. The lowest BCUT2D eigenvalue weighted by molar-refractivity contribution is 0.405. The van der Waals surface area contributed by atoms with Crippen molar-refractivity contribution < 1.29 is 0 Å². The van der Waals surface area contributed by atoms with E-state index in [2.05, 4.69) is 23.1 Å². The minimum absolute atomic E-state index is 0.0668. The van der Waals surface area contributed by atoms with Crippen LogP contribution in [0.5, 0.6) is 0 Å². The summed E-state index contributed by atoms with van der Waals surface area (Å²) >= 11 is 18.6. The van der Waals surface area contributed by atoms with Gasteiger partial charge in [0.05, 0.1) is 28.6 Å². The number of hydrogen-bond donors (Lipinski definition) is 0. The average Bonchev–Trinajstić information content (AvgIpc) is 2.99. The summed E-state index contributed by atoms with van der Waals surface area (Å²) in [4.78, 5) is 3.91. The zero-order valence-electron chi connectivity index (χ0n) is 12.0. The molecule has 2 rings (SSSR count).